The summed E-state index contributed by atoms with van der Waals surface area (Å²) in [5, 5.41) is 2.91. The van der Waals surface area contributed by atoms with Crippen LogP contribution in [-0.4, -0.2) is 53.4 Å². The zero-order chi connectivity index (χ0) is 20.9. The smallest absolute Gasteiger partial charge is 0.261 e. The molecule has 1 atom stereocenters. The van der Waals surface area contributed by atoms with Gasteiger partial charge in [-0.25, -0.2) is 8.42 Å². The van der Waals surface area contributed by atoms with Gasteiger partial charge in [0.1, 0.15) is 5.75 Å². The molecule has 1 amide bonds. The molecule has 0 saturated heterocycles. The average molecular weight is 418 g/mol. The van der Waals surface area contributed by atoms with Crippen molar-refractivity contribution >= 4 is 27.3 Å². The number of para-hydroxylation sites is 3. The van der Waals surface area contributed by atoms with Crippen LogP contribution in [0.25, 0.3) is 0 Å². The van der Waals surface area contributed by atoms with Gasteiger partial charge in [0.25, 0.3) is 5.91 Å². The van der Waals surface area contributed by atoms with E-state index in [9.17, 15) is 13.2 Å². The Labute approximate surface area is 172 Å². The molecule has 1 aliphatic rings. The van der Waals surface area contributed by atoms with Gasteiger partial charge in [0, 0.05) is 38.8 Å². The zero-order valence-electron chi connectivity index (χ0n) is 16.7. The average Bonchev–Trinajstić information content (AvgIpc) is 2.91. The molecule has 0 fully saturated rings. The van der Waals surface area contributed by atoms with Gasteiger partial charge in [-0.1, -0.05) is 30.3 Å². The number of ether oxygens (including phenoxy) is 1. The van der Waals surface area contributed by atoms with Crippen LogP contribution in [0.3, 0.4) is 0 Å². The Hall–Kier alpha value is -2.74. The number of carbonyl (C=O) groups excluding carboxylic acids is 1. The number of nitrogens with one attached hydrogen (secondary N) is 1. The topological polar surface area (TPSA) is 79.0 Å². The van der Waals surface area contributed by atoms with Gasteiger partial charge in [0.15, 0.2) is 6.10 Å². The van der Waals surface area contributed by atoms with E-state index in [0.717, 1.165) is 24.9 Å². The summed E-state index contributed by atoms with van der Waals surface area (Å²) in [7, 11) is -1.44. The third-order valence-corrected chi connectivity index (χ3v) is 6.04. The van der Waals surface area contributed by atoms with Crippen molar-refractivity contribution in [1.82, 2.24) is 5.32 Å². The molecule has 2 aromatic rings. The van der Waals surface area contributed by atoms with Gasteiger partial charge in [0.05, 0.1) is 11.9 Å². The highest BCUT2D eigenvalue weighted by atomic mass is 32.2. The number of carbonyl (C=O) groups is 1. The summed E-state index contributed by atoms with van der Waals surface area (Å²) < 4.78 is 31.4. The molecule has 1 N–H and O–H groups in total. The number of sulfonamides is 1. The van der Waals surface area contributed by atoms with E-state index in [4.69, 9.17) is 4.74 Å². The maximum Gasteiger partial charge on any atom is 0.261 e. The number of rotatable bonds is 7. The molecule has 0 bridgehead atoms. The van der Waals surface area contributed by atoms with Gasteiger partial charge in [-0.15, -0.1) is 0 Å². The Balaban J connectivity index is 1.55. The maximum atomic E-state index is 12.6. The summed E-state index contributed by atoms with van der Waals surface area (Å²) in [4.78, 5) is 14.7. The highest BCUT2D eigenvalue weighted by molar-refractivity contribution is 7.92. The highest BCUT2D eigenvalue weighted by Crippen LogP contribution is 2.33. The summed E-state index contributed by atoms with van der Waals surface area (Å²) in [5.41, 5.74) is 1.60. The van der Waals surface area contributed by atoms with E-state index in [2.05, 4.69) is 10.2 Å². The van der Waals surface area contributed by atoms with E-state index in [1.807, 2.05) is 37.4 Å². The van der Waals surface area contributed by atoms with E-state index < -0.39 is 16.1 Å². The number of hydrogen-bond donors (Lipinski definition) is 1. The number of nitrogens with zero attached hydrogens (tertiary/aromatic N) is 2. The van der Waals surface area contributed by atoms with Crippen molar-refractivity contribution in [3.05, 3.63) is 54.6 Å². The van der Waals surface area contributed by atoms with Crippen molar-refractivity contribution < 1.29 is 17.9 Å². The SMILES string of the molecule is CN(CCCNC(=O)C1CCN(S(C)(=O)=O)c2ccccc2O1)c1ccccc1. The quantitative estimate of drug-likeness (QED) is 0.699. The Bertz CT molecular complexity index is 934. The third-order valence-electron chi connectivity index (χ3n) is 4.86. The lowest BCUT2D eigenvalue weighted by Crippen LogP contribution is -2.40. The number of amides is 1. The molecule has 156 valence electrons. The minimum Gasteiger partial charge on any atom is -0.478 e. The van der Waals surface area contributed by atoms with Crippen LogP contribution >= 0.6 is 0 Å². The number of hydrogen-bond acceptors (Lipinski definition) is 5. The molecule has 1 aliphatic heterocycles. The second-order valence-corrected chi connectivity index (χ2v) is 9.01. The predicted octanol–water partition coefficient (Wildman–Crippen LogP) is 2.25. The standard InChI is InChI=1S/C21H27N3O4S/c1-23(17-9-4-3-5-10-17)15-8-14-22-21(25)20-13-16-24(29(2,26)27)18-11-6-7-12-19(18)28-20/h3-7,9-12,20H,8,13-16H2,1-2H3,(H,22,25). The number of anilines is 2. The predicted molar refractivity (Wildman–Crippen MR) is 115 cm³/mol. The molecule has 0 aliphatic carbocycles. The fraction of sp³-hybridized carbons (Fsp3) is 0.381. The second-order valence-electron chi connectivity index (χ2n) is 7.10. The molecule has 0 saturated carbocycles. The first-order chi connectivity index (χ1) is 13.9. The molecule has 3 rings (SSSR count). The van der Waals surface area contributed by atoms with Crippen LogP contribution in [0.4, 0.5) is 11.4 Å². The van der Waals surface area contributed by atoms with Gasteiger partial charge in [-0.3, -0.25) is 9.10 Å². The maximum absolute atomic E-state index is 12.6. The molecule has 29 heavy (non-hydrogen) atoms. The Kier molecular flexibility index (Phi) is 6.64. The Morgan fingerprint density at radius 3 is 2.59 bits per heavy atom. The minimum atomic E-state index is -3.45. The molecule has 2 aromatic carbocycles. The number of benzene rings is 2. The molecular formula is C21H27N3O4S. The lowest BCUT2D eigenvalue weighted by molar-refractivity contribution is -0.128. The highest BCUT2D eigenvalue weighted by Gasteiger charge is 2.30. The first kappa shape index (κ1) is 21.0. The van der Waals surface area contributed by atoms with Crippen molar-refractivity contribution in [3.63, 3.8) is 0 Å². The van der Waals surface area contributed by atoms with Gasteiger partial charge in [-0.05, 0) is 30.7 Å². The van der Waals surface area contributed by atoms with Crippen molar-refractivity contribution in [2.45, 2.75) is 18.9 Å². The summed E-state index contributed by atoms with van der Waals surface area (Å²) in [6.45, 7) is 1.53. The lowest BCUT2D eigenvalue weighted by Gasteiger charge is -2.20. The molecule has 0 aromatic heterocycles. The molecule has 0 spiro atoms. The largest absolute Gasteiger partial charge is 0.478 e. The van der Waals surface area contributed by atoms with E-state index in [0.29, 0.717) is 18.0 Å². The summed E-state index contributed by atoms with van der Waals surface area (Å²) in [6, 6.07) is 17.0. The van der Waals surface area contributed by atoms with Gasteiger partial charge < -0.3 is 15.0 Å². The minimum absolute atomic E-state index is 0.199. The first-order valence-corrected chi connectivity index (χ1v) is 11.5. The molecular weight excluding hydrogens is 390 g/mol. The lowest BCUT2D eigenvalue weighted by atomic mass is 10.2. The second kappa shape index (κ2) is 9.17. The summed E-state index contributed by atoms with van der Waals surface area (Å²) >= 11 is 0. The van der Waals surface area contributed by atoms with Crippen LogP contribution in [0.1, 0.15) is 12.8 Å². The van der Waals surface area contributed by atoms with E-state index >= 15 is 0 Å². The Morgan fingerprint density at radius 1 is 1.17 bits per heavy atom. The van der Waals surface area contributed by atoms with Crippen molar-refractivity contribution in [1.29, 1.82) is 0 Å². The van der Waals surface area contributed by atoms with Gasteiger partial charge in [-0.2, -0.15) is 0 Å². The molecule has 7 nitrogen and oxygen atoms in total. The summed E-state index contributed by atoms with van der Waals surface area (Å²) in [5.74, 6) is 0.178. The van der Waals surface area contributed by atoms with Crippen molar-refractivity contribution in [2.24, 2.45) is 0 Å². The molecule has 1 unspecified atom stereocenters. The van der Waals surface area contributed by atoms with Crippen molar-refractivity contribution in [2.75, 3.05) is 42.1 Å². The molecule has 8 heteroatoms. The Morgan fingerprint density at radius 2 is 1.86 bits per heavy atom. The third kappa shape index (κ3) is 5.41. The van der Waals surface area contributed by atoms with Crippen LogP contribution in [0.5, 0.6) is 5.75 Å². The zero-order valence-corrected chi connectivity index (χ0v) is 17.6. The van der Waals surface area contributed by atoms with E-state index in [-0.39, 0.29) is 18.9 Å². The summed E-state index contributed by atoms with van der Waals surface area (Å²) in [6.07, 6.45) is 1.51. The molecule has 0 radical (unpaired) electrons. The van der Waals surface area contributed by atoms with Crippen LogP contribution < -0.4 is 19.3 Å². The monoisotopic (exact) mass is 417 g/mol. The van der Waals surface area contributed by atoms with E-state index in [1.165, 1.54) is 4.31 Å². The van der Waals surface area contributed by atoms with Crippen LogP contribution in [0.15, 0.2) is 54.6 Å². The fourth-order valence-corrected chi connectivity index (χ4v) is 4.26. The van der Waals surface area contributed by atoms with Crippen molar-refractivity contribution in [3.8, 4) is 5.75 Å². The molecule has 1 heterocycles. The number of fused-ring (bicyclic) bond motifs is 1. The first-order valence-electron chi connectivity index (χ1n) is 9.63. The van der Waals surface area contributed by atoms with Crippen LogP contribution in [-0.2, 0) is 14.8 Å². The van der Waals surface area contributed by atoms with Crippen LogP contribution in [0.2, 0.25) is 0 Å². The van der Waals surface area contributed by atoms with Gasteiger partial charge >= 0.3 is 0 Å². The normalized spacial score (nSPS) is 16.3. The van der Waals surface area contributed by atoms with E-state index in [1.54, 1.807) is 24.3 Å². The van der Waals surface area contributed by atoms with Crippen LogP contribution in [0, 0.1) is 0 Å². The van der Waals surface area contributed by atoms with Gasteiger partial charge in [0.2, 0.25) is 10.0 Å². The fourth-order valence-electron chi connectivity index (χ4n) is 3.31.